The zero-order valence-electron chi connectivity index (χ0n) is 20.8. The van der Waals surface area contributed by atoms with Crippen molar-refractivity contribution in [2.24, 2.45) is 7.05 Å². The van der Waals surface area contributed by atoms with Gasteiger partial charge < -0.3 is 9.30 Å². The number of urea groups is 1. The quantitative estimate of drug-likeness (QED) is 0.373. The number of para-hydroxylation sites is 1. The van der Waals surface area contributed by atoms with Crippen LogP contribution in [0.4, 0.5) is 10.6 Å². The lowest BCUT2D eigenvalue weighted by atomic mass is 10.1. The minimum Gasteiger partial charge on any atom is -0.486 e. The summed E-state index contributed by atoms with van der Waals surface area (Å²) in [5, 5.41) is 10.5. The molecular formula is C27H26ClN7O3. The van der Waals surface area contributed by atoms with Crippen molar-refractivity contribution in [3.05, 3.63) is 82.3 Å². The summed E-state index contributed by atoms with van der Waals surface area (Å²) in [5.41, 5.74) is 5.33. The molecule has 2 aliphatic heterocycles. The lowest BCUT2D eigenvalue weighted by Gasteiger charge is -2.26. The normalized spacial score (nSPS) is 15.6. The van der Waals surface area contributed by atoms with Crippen LogP contribution in [-0.2, 0) is 38.1 Å². The van der Waals surface area contributed by atoms with E-state index in [1.54, 1.807) is 17.2 Å². The molecule has 2 aromatic heterocycles. The molecule has 0 atom stereocenters. The number of benzene rings is 2. The van der Waals surface area contributed by atoms with Crippen molar-refractivity contribution in [2.45, 2.75) is 32.7 Å². The van der Waals surface area contributed by atoms with E-state index in [2.05, 4.69) is 43.6 Å². The summed E-state index contributed by atoms with van der Waals surface area (Å²) < 4.78 is 7.70. The fourth-order valence-electron chi connectivity index (χ4n) is 4.93. The molecule has 0 unspecified atom stereocenters. The number of anilines is 1. The lowest BCUT2D eigenvalue weighted by Crippen LogP contribution is -2.50. The molecule has 11 heteroatoms. The molecule has 6 rings (SSSR count). The number of nitrogens with one attached hydrogen (secondary N) is 2. The number of halogens is 1. The average Bonchev–Trinajstić information content (AvgIpc) is 3.62. The number of aromatic nitrogens is 4. The Balaban J connectivity index is 1.10. The van der Waals surface area contributed by atoms with Crippen molar-refractivity contribution in [3.8, 4) is 17.1 Å². The number of H-pyrrole nitrogens is 1. The van der Waals surface area contributed by atoms with Crippen molar-refractivity contribution in [1.29, 1.82) is 0 Å². The molecule has 2 aromatic carbocycles. The first-order valence-corrected chi connectivity index (χ1v) is 12.7. The van der Waals surface area contributed by atoms with Crippen LogP contribution in [0.5, 0.6) is 5.75 Å². The van der Waals surface area contributed by atoms with Gasteiger partial charge in [0, 0.05) is 45.2 Å². The Kier molecular flexibility index (Phi) is 6.34. The first kappa shape index (κ1) is 24.2. The van der Waals surface area contributed by atoms with Gasteiger partial charge in [-0.3, -0.25) is 25.0 Å². The van der Waals surface area contributed by atoms with Gasteiger partial charge >= 0.3 is 6.03 Å². The number of ether oxygens (including phenoxy) is 1. The number of hydrogen-bond donors (Lipinski definition) is 2. The van der Waals surface area contributed by atoms with E-state index in [-0.39, 0.29) is 12.3 Å². The zero-order chi connectivity index (χ0) is 26.2. The molecule has 2 N–H and O–H groups in total. The molecule has 4 heterocycles. The molecule has 0 saturated carbocycles. The Morgan fingerprint density at radius 1 is 1.08 bits per heavy atom. The largest absolute Gasteiger partial charge is 0.486 e. The minimum absolute atomic E-state index is 0.256. The van der Waals surface area contributed by atoms with Crippen LogP contribution in [0, 0.1) is 0 Å². The third-order valence-corrected chi connectivity index (χ3v) is 7.15. The number of carbonyl (C=O) groups excluding carboxylic acids is 2. The molecule has 4 aromatic rings. The summed E-state index contributed by atoms with van der Waals surface area (Å²) in [5.74, 6) is 1.81. The molecular weight excluding hydrogens is 506 g/mol. The number of amides is 3. The SMILES string of the molecule is Cn1c(N2CCC(=O)NC2=O)cnc1-c1ccc2c(c1)CN(Cc1cc(COc3ccccc3Cl)[nH]n1)C2. The summed E-state index contributed by atoms with van der Waals surface area (Å²) in [4.78, 5) is 32.3. The highest BCUT2D eigenvalue weighted by atomic mass is 35.5. The van der Waals surface area contributed by atoms with E-state index in [4.69, 9.17) is 16.3 Å². The van der Waals surface area contributed by atoms with Gasteiger partial charge in [0.05, 0.1) is 22.6 Å². The second kappa shape index (κ2) is 9.96. The topological polar surface area (TPSA) is 108 Å². The number of imide groups is 1. The van der Waals surface area contributed by atoms with Gasteiger partial charge in [-0.1, -0.05) is 35.9 Å². The molecule has 2 aliphatic rings. The maximum absolute atomic E-state index is 12.3. The fraction of sp³-hybridized carbons (Fsp3) is 0.259. The van der Waals surface area contributed by atoms with E-state index in [9.17, 15) is 9.59 Å². The Morgan fingerprint density at radius 3 is 2.76 bits per heavy atom. The first-order chi connectivity index (χ1) is 18.4. The van der Waals surface area contributed by atoms with Crippen LogP contribution in [-0.4, -0.2) is 43.1 Å². The van der Waals surface area contributed by atoms with Crippen LogP contribution in [0.2, 0.25) is 5.02 Å². The van der Waals surface area contributed by atoms with Crippen molar-refractivity contribution in [1.82, 2.24) is 30.0 Å². The van der Waals surface area contributed by atoms with E-state index in [0.29, 0.717) is 36.3 Å². The predicted octanol–water partition coefficient (Wildman–Crippen LogP) is 4.00. The number of hydrogen-bond acceptors (Lipinski definition) is 6. The van der Waals surface area contributed by atoms with Gasteiger partial charge in [-0.2, -0.15) is 5.10 Å². The molecule has 38 heavy (non-hydrogen) atoms. The summed E-state index contributed by atoms with van der Waals surface area (Å²) >= 11 is 6.17. The number of fused-ring (bicyclic) bond motifs is 1. The highest BCUT2D eigenvalue weighted by Gasteiger charge is 2.28. The Morgan fingerprint density at radius 2 is 1.92 bits per heavy atom. The van der Waals surface area contributed by atoms with E-state index < -0.39 is 6.03 Å². The van der Waals surface area contributed by atoms with Crippen molar-refractivity contribution in [2.75, 3.05) is 11.4 Å². The van der Waals surface area contributed by atoms with Crippen LogP contribution in [0.1, 0.15) is 28.9 Å². The van der Waals surface area contributed by atoms with E-state index in [1.165, 1.54) is 11.1 Å². The molecule has 0 bridgehead atoms. The van der Waals surface area contributed by atoms with Gasteiger partial charge in [0.2, 0.25) is 5.91 Å². The maximum Gasteiger partial charge on any atom is 0.329 e. The first-order valence-electron chi connectivity index (χ1n) is 12.3. The zero-order valence-corrected chi connectivity index (χ0v) is 21.5. The summed E-state index contributed by atoms with van der Waals surface area (Å²) in [6.07, 6.45) is 1.95. The predicted molar refractivity (Wildman–Crippen MR) is 141 cm³/mol. The van der Waals surface area contributed by atoms with Gasteiger partial charge in [-0.25, -0.2) is 9.78 Å². The van der Waals surface area contributed by atoms with Crippen LogP contribution in [0.15, 0.2) is 54.7 Å². The van der Waals surface area contributed by atoms with Gasteiger partial charge in [0.25, 0.3) is 0 Å². The van der Waals surface area contributed by atoms with E-state index in [1.807, 2.05) is 35.9 Å². The number of imidazole rings is 1. The van der Waals surface area contributed by atoms with Crippen LogP contribution < -0.4 is 15.0 Å². The summed E-state index contributed by atoms with van der Waals surface area (Å²) in [6.45, 7) is 3.05. The number of nitrogens with zero attached hydrogens (tertiary/aromatic N) is 5. The molecule has 1 saturated heterocycles. The van der Waals surface area contributed by atoms with Gasteiger partial charge in [0.15, 0.2) is 0 Å². The molecule has 194 valence electrons. The molecule has 3 amide bonds. The van der Waals surface area contributed by atoms with Crippen LogP contribution in [0.25, 0.3) is 11.4 Å². The molecule has 0 radical (unpaired) electrons. The molecule has 1 fully saturated rings. The molecule has 10 nitrogen and oxygen atoms in total. The minimum atomic E-state index is -0.419. The summed E-state index contributed by atoms with van der Waals surface area (Å²) in [7, 11) is 1.88. The second-order valence-electron chi connectivity index (χ2n) is 9.49. The van der Waals surface area contributed by atoms with Gasteiger partial charge in [0.1, 0.15) is 24.0 Å². The Bertz CT molecular complexity index is 1530. The average molecular weight is 532 g/mol. The van der Waals surface area contributed by atoms with Crippen molar-refractivity contribution < 1.29 is 14.3 Å². The highest BCUT2D eigenvalue weighted by molar-refractivity contribution is 6.32. The monoisotopic (exact) mass is 531 g/mol. The third kappa shape index (κ3) is 4.75. The standard InChI is InChI=1S/C27H26ClN7O3/c1-33-25(35-9-8-24(36)30-27(35)37)12-29-26(33)17-6-7-18-13-34(14-19(18)10-17)15-20-11-21(32-31-20)16-38-23-5-3-2-4-22(23)28/h2-7,10-12H,8-9,13-16H2,1H3,(H,31,32)(H,30,36,37). The highest BCUT2D eigenvalue weighted by Crippen LogP contribution is 2.31. The van der Waals surface area contributed by atoms with Crippen LogP contribution >= 0.6 is 11.6 Å². The number of carbonyl (C=O) groups is 2. The number of aromatic amines is 1. The fourth-order valence-corrected chi connectivity index (χ4v) is 5.12. The van der Waals surface area contributed by atoms with Crippen molar-refractivity contribution >= 4 is 29.4 Å². The maximum atomic E-state index is 12.3. The van der Waals surface area contributed by atoms with E-state index in [0.717, 1.165) is 35.9 Å². The van der Waals surface area contributed by atoms with Crippen molar-refractivity contribution in [3.63, 3.8) is 0 Å². The van der Waals surface area contributed by atoms with Gasteiger partial charge in [-0.05, 0) is 35.4 Å². The molecule has 0 spiro atoms. The Labute approximate surface area is 224 Å². The lowest BCUT2D eigenvalue weighted by molar-refractivity contribution is -0.120. The van der Waals surface area contributed by atoms with Crippen LogP contribution in [0.3, 0.4) is 0 Å². The van der Waals surface area contributed by atoms with Gasteiger partial charge in [-0.15, -0.1) is 0 Å². The smallest absolute Gasteiger partial charge is 0.329 e. The molecule has 0 aliphatic carbocycles. The Hall–Kier alpha value is -4.15. The third-order valence-electron chi connectivity index (χ3n) is 6.84. The number of rotatable bonds is 7. The summed E-state index contributed by atoms with van der Waals surface area (Å²) in [6, 6.07) is 15.4. The second-order valence-corrected chi connectivity index (χ2v) is 9.89. The van der Waals surface area contributed by atoms with E-state index >= 15 is 0 Å².